The van der Waals surface area contributed by atoms with E-state index in [-0.39, 0.29) is 5.91 Å². The highest BCUT2D eigenvalue weighted by Crippen LogP contribution is 2.18. The number of ether oxygens (including phenoxy) is 2. The van der Waals surface area contributed by atoms with Gasteiger partial charge >= 0.3 is 0 Å². The lowest BCUT2D eigenvalue weighted by Crippen LogP contribution is -2.33. The molecule has 1 aromatic rings. The number of hydrogen-bond donors (Lipinski definition) is 0. The molecule has 0 spiro atoms. The van der Waals surface area contributed by atoms with Gasteiger partial charge in [0.05, 0.1) is 19.8 Å². The van der Waals surface area contributed by atoms with Crippen LogP contribution in [0.5, 0.6) is 11.5 Å². The number of benzene rings is 1. The Balaban J connectivity index is 1.71. The summed E-state index contributed by atoms with van der Waals surface area (Å²) in [6.45, 7) is 2.08. The molecule has 1 aliphatic heterocycles. The molecular formula is C17H22N2O3. The third-order valence-corrected chi connectivity index (χ3v) is 3.84. The summed E-state index contributed by atoms with van der Waals surface area (Å²) in [5, 5.41) is 9.18. The fourth-order valence-corrected chi connectivity index (χ4v) is 2.55. The Morgan fingerprint density at radius 2 is 1.91 bits per heavy atom. The van der Waals surface area contributed by atoms with Crippen molar-refractivity contribution in [3.05, 3.63) is 24.3 Å². The number of carbonyl (C=O) groups is 1. The molecule has 1 aliphatic rings. The van der Waals surface area contributed by atoms with Crippen LogP contribution in [-0.2, 0) is 4.79 Å². The standard InChI is InChI=1S/C17H22N2O3/c1-21-15-6-8-16(9-7-15)22-12-4-5-14(13-18)17(20)19-10-2-3-11-19/h6-9,14H,2-5,10-12H2,1H3. The summed E-state index contributed by atoms with van der Waals surface area (Å²) in [4.78, 5) is 14.0. The maximum absolute atomic E-state index is 12.2. The van der Waals surface area contributed by atoms with Crippen LogP contribution in [-0.4, -0.2) is 37.6 Å². The molecule has 5 heteroatoms. The van der Waals surface area contributed by atoms with Gasteiger partial charge in [-0.1, -0.05) is 0 Å². The van der Waals surface area contributed by atoms with Crippen molar-refractivity contribution >= 4 is 5.91 Å². The van der Waals surface area contributed by atoms with Crippen LogP contribution >= 0.6 is 0 Å². The number of carbonyl (C=O) groups excluding carboxylic acids is 1. The predicted octanol–water partition coefficient (Wildman–Crippen LogP) is 2.62. The lowest BCUT2D eigenvalue weighted by Gasteiger charge is -2.18. The van der Waals surface area contributed by atoms with Gasteiger partial charge in [0.25, 0.3) is 0 Å². The van der Waals surface area contributed by atoms with Crippen molar-refractivity contribution in [3.8, 4) is 17.6 Å². The fraction of sp³-hybridized carbons (Fsp3) is 0.529. The van der Waals surface area contributed by atoms with Crippen LogP contribution < -0.4 is 9.47 Å². The minimum atomic E-state index is -0.544. The first-order valence-corrected chi connectivity index (χ1v) is 7.70. The first-order chi connectivity index (χ1) is 10.7. The highest BCUT2D eigenvalue weighted by molar-refractivity contribution is 5.81. The first kappa shape index (κ1) is 16.2. The van der Waals surface area contributed by atoms with Gasteiger partial charge in [0, 0.05) is 13.1 Å². The molecule has 0 bridgehead atoms. The number of likely N-dealkylation sites (tertiary alicyclic amines) is 1. The van der Waals surface area contributed by atoms with Crippen LogP contribution in [0.15, 0.2) is 24.3 Å². The molecule has 0 N–H and O–H groups in total. The van der Waals surface area contributed by atoms with Crippen molar-refractivity contribution in [2.75, 3.05) is 26.8 Å². The van der Waals surface area contributed by atoms with Gasteiger partial charge in [-0.05, 0) is 49.9 Å². The molecule has 0 aromatic heterocycles. The third kappa shape index (κ3) is 4.39. The van der Waals surface area contributed by atoms with Crippen molar-refractivity contribution < 1.29 is 14.3 Å². The zero-order chi connectivity index (χ0) is 15.8. The van der Waals surface area contributed by atoms with Gasteiger partial charge in [0.2, 0.25) is 5.91 Å². The van der Waals surface area contributed by atoms with E-state index in [2.05, 4.69) is 6.07 Å². The maximum Gasteiger partial charge on any atom is 0.239 e. The molecule has 5 nitrogen and oxygen atoms in total. The van der Waals surface area contributed by atoms with Crippen molar-refractivity contribution in [1.82, 2.24) is 4.90 Å². The molecular weight excluding hydrogens is 280 g/mol. The number of amides is 1. The third-order valence-electron chi connectivity index (χ3n) is 3.84. The van der Waals surface area contributed by atoms with Crippen LogP contribution in [0.1, 0.15) is 25.7 Å². The lowest BCUT2D eigenvalue weighted by molar-refractivity contribution is -0.132. The molecule has 1 amide bonds. The molecule has 2 rings (SSSR count). The van der Waals surface area contributed by atoms with E-state index in [0.29, 0.717) is 19.4 Å². The van der Waals surface area contributed by atoms with E-state index < -0.39 is 5.92 Å². The normalized spacial score (nSPS) is 15.2. The van der Waals surface area contributed by atoms with Crippen LogP contribution in [0, 0.1) is 17.2 Å². The molecule has 1 atom stereocenters. The Labute approximate surface area is 131 Å². The fourth-order valence-electron chi connectivity index (χ4n) is 2.55. The Morgan fingerprint density at radius 1 is 1.27 bits per heavy atom. The largest absolute Gasteiger partial charge is 0.497 e. The summed E-state index contributed by atoms with van der Waals surface area (Å²) in [6.07, 6.45) is 3.32. The van der Waals surface area contributed by atoms with Crippen molar-refractivity contribution in [1.29, 1.82) is 5.26 Å². The second-order valence-electron chi connectivity index (χ2n) is 5.38. The summed E-state index contributed by atoms with van der Waals surface area (Å²) in [5.74, 6) is 0.982. The highest BCUT2D eigenvalue weighted by Gasteiger charge is 2.25. The number of nitriles is 1. The highest BCUT2D eigenvalue weighted by atomic mass is 16.5. The molecule has 0 radical (unpaired) electrons. The Bertz CT molecular complexity index is 516. The van der Waals surface area contributed by atoms with E-state index >= 15 is 0 Å². The molecule has 1 fully saturated rings. The Hall–Kier alpha value is -2.22. The zero-order valence-corrected chi connectivity index (χ0v) is 13.0. The summed E-state index contributed by atoms with van der Waals surface area (Å²) in [5.41, 5.74) is 0. The van der Waals surface area contributed by atoms with E-state index in [1.165, 1.54) is 0 Å². The van der Waals surface area contributed by atoms with Gasteiger partial charge in [0.15, 0.2) is 0 Å². The first-order valence-electron chi connectivity index (χ1n) is 7.70. The molecule has 1 aromatic carbocycles. The molecule has 1 heterocycles. The molecule has 22 heavy (non-hydrogen) atoms. The molecule has 0 aliphatic carbocycles. The van der Waals surface area contributed by atoms with Crippen molar-refractivity contribution in [3.63, 3.8) is 0 Å². The topological polar surface area (TPSA) is 62.6 Å². The zero-order valence-electron chi connectivity index (χ0n) is 13.0. The monoisotopic (exact) mass is 302 g/mol. The summed E-state index contributed by atoms with van der Waals surface area (Å²) < 4.78 is 10.7. The maximum atomic E-state index is 12.2. The van der Waals surface area contributed by atoms with Gasteiger partial charge in [-0.25, -0.2) is 0 Å². The second kappa shape index (κ2) is 8.28. The number of rotatable bonds is 7. The SMILES string of the molecule is COc1ccc(OCCCC(C#N)C(=O)N2CCCC2)cc1. The van der Waals surface area contributed by atoms with E-state index in [1.807, 2.05) is 24.3 Å². The Kier molecular flexibility index (Phi) is 6.08. The average molecular weight is 302 g/mol. The molecule has 0 saturated carbocycles. The summed E-state index contributed by atoms with van der Waals surface area (Å²) in [6, 6.07) is 9.49. The van der Waals surface area contributed by atoms with Crippen molar-refractivity contribution in [2.24, 2.45) is 5.92 Å². The molecule has 1 saturated heterocycles. The van der Waals surface area contributed by atoms with Gasteiger partial charge in [-0.3, -0.25) is 4.79 Å². The molecule has 1 unspecified atom stereocenters. The molecule has 118 valence electrons. The number of hydrogen-bond acceptors (Lipinski definition) is 4. The van der Waals surface area contributed by atoms with Gasteiger partial charge < -0.3 is 14.4 Å². The summed E-state index contributed by atoms with van der Waals surface area (Å²) in [7, 11) is 1.62. The minimum Gasteiger partial charge on any atom is -0.497 e. The summed E-state index contributed by atoms with van der Waals surface area (Å²) >= 11 is 0. The van der Waals surface area contributed by atoms with Crippen LogP contribution in [0.25, 0.3) is 0 Å². The second-order valence-corrected chi connectivity index (χ2v) is 5.38. The van der Waals surface area contributed by atoms with Gasteiger partial charge in [-0.2, -0.15) is 5.26 Å². The van der Waals surface area contributed by atoms with Crippen molar-refractivity contribution in [2.45, 2.75) is 25.7 Å². The van der Waals surface area contributed by atoms with E-state index in [4.69, 9.17) is 9.47 Å². The minimum absolute atomic E-state index is 0.0237. The lowest BCUT2D eigenvalue weighted by atomic mass is 10.0. The smallest absolute Gasteiger partial charge is 0.239 e. The van der Waals surface area contributed by atoms with Crippen LogP contribution in [0.3, 0.4) is 0 Å². The number of methoxy groups -OCH3 is 1. The quantitative estimate of drug-likeness (QED) is 0.726. The van der Waals surface area contributed by atoms with E-state index in [0.717, 1.165) is 37.4 Å². The van der Waals surface area contributed by atoms with Crippen LogP contribution in [0.2, 0.25) is 0 Å². The van der Waals surface area contributed by atoms with E-state index in [9.17, 15) is 10.1 Å². The van der Waals surface area contributed by atoms with Gasteiger partial charge in [-0.15, -0.1) is 0 Å². The average Bonchev–Trinajstić information content (AvgIpc) is 3.09. The van der Waals surface area contributed by atoms with Gasteiger partial charge in [0.1, 0.15) is 17.4 Å². The van der Waals surface area contributed by atoms with Crippen LogP contribution in [0.4, 0.5) is 0 Å². The van der Waals surface area contributed by atoms with E-state index in [1.54, 1.807) is 12.0 Å². The Morgan fingerprint density at radius 3 is 2.50 bits per heavy atom. The predicted molar refractivity (Wildman–Crippen MR) is 82.6 cm³/mol. The number of nitrogens with zero attached hydrogens (tertiary/aromatic N) is 2.